The van der Waals surface area contributed by atoms with Crippen molar-refractivity contribution in [3.63, 3.8) is 0 Å². The molecule has 0 amide bonds. The van der Waals surface area contributed by atoms with Crippen LogP contribution >= 0.6 is 0 Å². The molecule has 0 unspecified atom stereocenters. The average molecular weight is 966 g/mol. The van der Waals surface area contributed by atoms with Gasteiger partial charge >= 0.3 is 0 Å². The molecule has 0 spiro atoms. The van der Waals surface area contributed by atoms with Gasteiger partial charge in [-0.15, -0.1) is 0 Å². The van der Waals surface area contributed by atoms with E-state index in [0.717, 1.165) is 95.7 Å². The maximum Gasteiger partial charge on any atom is 0.160 e. The first-order chi connectivity index (χ1) is 37.6. The predicted octanol–water partition coefficient (Wildman–Crippen LogP) is 19.3. The lowest BCUT2D eigenvalue weighted by atomic mass is 9.88. The molecule has 0 radical (unpaired) electrons. The Balaban J connectivity index is 0.954. The van der Waals surface area contributed by atoms with Gasteiger partial charge in [-0.25, -0.2) is 9.97 Å². The third-order valence-corrected chi connectivity index (χ3v) is 15.9. The van der Waals surface area contributed by atoms with Gasteiger partial charge in [-0.05, 0) is 135 Å². The van der Waals surface area contributed by atoms with Crippen LogP contribution in [-0.4, -0.2) is 15.7 Å². The van der Waals surface area contributed by atoms with Crippen molar-refractivity contribution in [1.29, 1.82) is 0 Å². The molecule has 1 aliphatic heterocycles. The van der Waals surface area contributed by atoms with E-state index in [9.17, 15) is 0 Å². The van der Waals surface area contributed by atoms with Gasteiger partial charge in [0.1, 0.15) is 11.3 Å². The third kappa shape index (κ3) is 6.74. The largest absolute Gasteiger partial charge is 0.456 e. The van der Waals surface area contributed by atoms with E-state index in [0.29, 0.717) is 5.82 Å². The minimum absolute atomic E-state index is 0.655. The lowest BCUT2D eigenvalue weighted by Gasteiger charge is -2.17. The Morgan fingerprint density at radius 2 is 0.789 bits per heavy atom. The molecule has 15 aromatic rings. The predicted molar refractivity (Wildman–Crippen MR) is 318 cm³/mol. The Labute approximate surface area is 437 Å². The van der Waals surface area contributed by atoms with Crippen molar-refractivity contribution >= 4 is 97.9 Å². The summed E-state index contributed by atoms with van der Waals surface area (Å²) in [6.07, 6.45) is 0.808. The summed E-state index contributed by atoms with van der Waals surface area (Å²) in [6.45, 7) is 0. The Hall–Kier alpha value is -10.0. The number of hydrogen-bond acceptors (Lipinski definition) is 4. The summed E-state index contributed by atoms with van der Waals surface area (Å²) in [4.78, 5) is 16.3. The molecule has 0 N–H and O–H groups in total. The van der Waals surface area contributed by atoms with Crippen LogP contribution in [0.2, 0.25) is 0 Å². The summed E-state index contributed by atoms with van der Waals surface area (Å²) in [5, 5.41) is 16.9. The third-order valence-electron chi connectivity index (χ3n) is 15.9. The van der Waals surface area contributed by atoms with Crippen molar-refractivity contribution in [2.24, 2.45) is 4.99 Å². The zero-order chi connectivity index (χ0) is 49.8. The fourth-order valence-corrected chi connectivity index (χ4v) is 12.2. The first-order valence-electron chi connectivity index (χ1n) is 26.0. The maximum absolute atomic E-state index is 6.37. The van der Waals surface area contributed by atoms with E-state index in [2.05, 4.69) is 231 Å². The Morgan fingerprint density at radius 1 is 0.316 bits per heavy atom. The van der Waals surface area contributed by atoms with Gasteiger partial charge in [0.25, 0.3) is 0 Å². The van der Waals surface area contributed by atoms with E-state index in [-0.39, 0.29) is 0 Å². The van der Waals surface area contributed by atoms with Crippen LogP contribution in [0.5, 0.6) is 0 Å². The van der Waals surface area contributed by atoms with Gasteiger partial charge in [-0.2, -0.15) is 0 Å². The smallest absolute Gasteiger partial charge is 0.160 e. The fourth-order valence-electron chi connectivity index (χ4n) is 12.2. The van der Waals surface area contributed by atoms with Gasteiger partial charge in [0.2, 0.25) is 0 Å². The van der Waals surface area contributed by atoms with E-state index in [1.165, 1.54) is 70.2 Å². The zero-order valence-corrected chi connectivity index (χ0v) is 41.1. The van der Waals surface area contributed by atoms with Crippen molar-refractivity contribution in [2.75, 3.05) is 0 Å². The van der Waals surface area contributed by atoms with Gasteiger partial charge in [0.15, 0.2) is 5.82 Å². The molecule has 0 aliphatic carbocycles. The Morgan fingerprint density at radius 3 is 1.41 bits per heavy atom. The number of aliphatic imine (C=N–C) groups is 1. The number of benzene rings is 13. The number of para-hydroxylation sites is 2. The molecule has 2 aromatic heterocycles. The highest BCUT2D eigenvalue weighted by molar-refractivity contribution is 6.27. The highest BCUT2D eigenvalue weighted by Gasteiger charge is 2.22. The van der Waals surface area contributed by atoms with E-state index in [4.69, 9.17) is 19.4 Å². The summed E-state index contributed by atoms with van der Waals surface area (Å²) in [7, 11) is 0. The van der Waals surface area contributed by atoms with Gasteiger partial charge in [-0.1, -0.05) is 206 Å². The highest BCUT2D eigenvalue weighted by atomic mass is 16.3. The summed E-state index contributed by atoms with van der Waals surface area (Å²) in [6, 6.07) is 89.9. The molecular weight excluding hydrogens is 923 g/mol. The van der Waals surface area contributed by atoms with Crippen molar-refractivity contribution < 1.29 is 4.42 Å². The summed E-state index contributed by atoms with van der Waals surface area (Å²) in [5.41, 5.74) is 14.3. The van der Waals surface area contributed by atoms with Gasteiger partial charge in [0.05, 0.1) is 22.6 Å². The molecule has 4 heteroatoms. The van der Waals surface area contributed by atoms with Crippen LogP contribution < -0.4 is 0 Å². The monoisotopic (exact) mass is 965 g/mol. The first kappa shape index (κ1) is 42.5. The standard InChI is InChI=1S/C72H43N3O/c1-11-23-66-49(13-1)41-67(73-66)43-25-31-46(32-26-43)72-74-70(45-29-27-44(28-30-45)69-42-50-14-2-12-24-68(50)76-69)65-40-51(47-33-35-60-56-19-5-3-15-52(56)54-17-7-9-21-58(54)63(60)37-47)39-62(71(65)75-72)48-34-36-61-57-20-6-4-16-53(57)55-18-8-10-22-59(55)64(61)38-48/h1-40,42H,41H2. The molecule has 16 rings (SSSR count). The van der Waals surface area contributed by atoms with Crippen molar-refractivity contribution in [2.45, 2.75) is 6.42 Å². The second-order valence-electron chi connectivity index (χ2n) is 20.2. The number of hydrogen-bond donors (Lipinski definition) is 0. The molecule has 76 heavy (non-hydrogen) atoms. The molecule has 0 atom stereocenters. The van der Waals surface area contributed by atoms with Gasteiger partial charge in [0, 0.05) is 39.4 Å². The van der Waals surface area contributed by atoms with E-state index < -0.39 is 0 Å². The molecule has 4 nitrogen and oxygen atoms in total. The van der Waals surface area contributed by atoms with Crippen molar-refractivity contribution in [1.82, 2.24) is 9.97 Å². The highest BCUT2D eigenvalue weighted by Crippen LogP contribution is 2.44. The number of aromatic nitrogens is 2. The molecule has 13 aromatic carbocycles. The number of rotatable bonds is 6. The van der Waals surface area contributed by atoms with E-state index in [1.807, 2.05) is 18.2 Å². The summed E-state index contributed by atoms with van der Waals surface area (Å²) >= 11 is 0. The SMILES string of the molecule is c1ccc2c(c1)CC(c1ccc(-c3nc(-c4ccc(-c5cc6ccccc6o5)cc4)c4cc(-c5ccc6c7ccccc7c7ccccc7c6c5)cc(-c5ccc6c7ccccc7c7ccccc7c6c5)c4n3)cc1)=N2. The number of fused-ring (bicyclic) bond motifs is 15. The molecule has 0 bridgehead atoms. The second-order valence-corrected chi connectivity index (χ2v) is 20.2. The minimum atomic E-state index is 0.655. The lowest BCUT2D eigenvalue weighted by molar-refractivity contribution is 0.631. The van der Waals surface area contributed by atoms with Gasteiger partial charge < -0.3 is 4.42 Å². The number of furan rings is 1. The van der Waals surface area contributed by atoms with E-state index >= 15 is 0 Å². The van der Waals surface area contributed by atoms with Crippen LogP contribution in [0.4, 0.5) is 5.69 Å². The Bertz CT molecular complexity index is 4850. The van der Waals surface area contributed by atoms with E-state index in [1.54, 1.807) is 0 Å². The molecule has 0 fully saturated rings. The Kier molecular flexibility index (Phi) is 9.36. The second kappa shape index (κ2) is 16.8. The quantitative estimate of drug-likeness (QED) is 0.156. The molecule has 0 saturated heterocycles. The summed E-state index contributed by atoms with van der Waals surface area (Å²) < 4.78 is 6.37. The fraction of sp³-hybridized carbons (Fsp3) is 0.0139. The topological polar surface area (TPSA) is 51.3 Å². The summed E-state index contributed by atoms with van der Waals surface area (Å²) in [5.74, 6) is 1.48. The van der Waals surface area contributed by atoms with Crippen LogP contribution in [0, 0.1) is 0 Å². The van der Waals surface area contributed by atoms with Crippen LogP contribution in [-0.2, 0) is 6.42 Å². The zero-order valence-electron chi connectivity index (χ0n) is 41.1. The molecule has 1 aliphatic rings. The van der Waals surface area contributed by atoms with Crippen LogP contribution in [0.15, 0.2) is 258 Å². The minimum Gasteiger partial charge on any atom is -0.456 e. The van der Waals surface area contributed by atoms with Crippen LogP contribution in [0.1, 0.15) is 11.1 Å². The number of nitrogens with zero attached hydrogens (tertiary/aromatic N) is 3. The molecule has 3 heterocycles. The first-order valence-corrected chi connectivity index (χ1v) is 26.0. The maximum atomic E-state index is 6.37. The van der Waals surface area contributed by atoms with Crippen LogP contribution in [0.3, 0.4) is 0 Å². The molecular formula is C72H43N3O. The van der Waals surface area contributed by atoms with Gasteiger partial charge in [-0.3, -0.25) is 4.99 Å². The average Bonchev–Trinajstić information content (AvgIpc) is 4.20. The normalized spacial score (nSPS) is 12.5. The molecule has 352 valence electrons. The van der Waals surface area contributed by atoms with Crippen molar-refractivity contribution in [3.8, 4) is 56.2 Å². The van der Waals surface area contributed by atoms with Crippen LogP contribution in [0.25, 0.3) is 143 Å². The van der Waals surface area contributed by atoms with Crippen molar-refractivity contribution in [3.05, 3.63) is 260 Å². The molecule has 0 saturated carbocycles. The lowest BCUT2D eigenvalue weighted by Crippen LogP contribution is -2.01.